The molecule has 0 aliphatic heterocycles. The van der Waals surface area contributed by atoms with Crippen molar-refractivity contribution >= 4 is 5.91 Å². The first kappa shape index (κ1) is 24.0. The third kappa shape index (κ3) is 4.18. The number of rotatable bonds is 6. The Kier molecular flexibility index (Phi) is 5.90. The molecule has 35 heavy (non-hydrogen) atoms. The van der Waals surface area contributed by atoms with Crippen LogP contribution in [-0.4, -0.2) is 24.5 Å². The van der Waals surface area contributed by atoms with E-state index in [0.29, 0.717) is 18.4 Å². The number of benzene rings is 1. The van der Waals surface area contributed by atoms with Crippen molar-refractivity contribution in [2.45, 2.75) is 115 Å². The van der Waals surface area contributed by atoms with Gasteiger partial charge < -0.3 is 10.6 Å². The Morgan fingerprint density at radius 2 is 1.71 bits per heavy atom. The first-order valence-corrected chi connectivity index (χ1v) is 14.8. The average molecular weight is 477 g/mol. The van der Waals surface area contributed by atoms with Gasteiger partial charge >= 0.3 is 0 Å². The van der Waals surface area contributed by atoms with Crippen LogP contribution in [0.4, 0.5) is 0 Å². The van der Waals surface area contributed by atoms with E-state index in [9.17, 15) is 4.79 Å². The van der Waals surface area contributed by atoms with Gasteiger partial charge in [0.25, 0.3) is 0 Å². The topological polar surface area (TPSA) is 41.1 Å². The highest BCUT2D eigenvalue weighted by atomic mass is 16.2. The smallest absolute Gasteiger partial charge is 0.234 e. The van der Waals surface area contributed by atoms with Crippen LogP contribution in [0.3, 0.4) is 0 Å². The number of amides is 1. The quantitative estimate of drug-likeness (QED) is 0.492. The lowest BCUT2D eigenvalue weighted by Gasteiger charge is -2.57. The number of hydrogen-bond donors (Lipinski definition) is 2. The van der Waals surface area contributed by atoms with E-state index in [2.05, 4.69) is 56.5 Å². The molecular weight excluding hydrogens is 428 g/mol. The second-order valence-corrected chi connectivity index (χ2v) is 14.4. The van der Waals surface area contributed by atoms with Crippen LogP contribution in [0, 0.1) is 29.1 Å². The molecule has 7 rings (SSSR count). The maximum atomic E-state index is 13.1. The van der Waals surface area contributed by atoms with Crippen molar-refractivity contribution in [1.29, 1.82) is 0 Å². The predicted molar refractivity (Wildman–Crippen MR) is 144 cm³/mol. The van der Waals surface area contributed by atoms with Gasteiger partial charge in [-0.25, -0.2) is 0 Å². The zero-order valence-electron chi connectivity index (χ0n) is 22.7. The Bertz CT molecular complexity index is 946. The first-order valence-electron chi connectivity index (χ1n) is 14.8. The Morgan fingerprint density at radius 3 is 2.37 bits per heavy atom. The molecule has 6 aliphatic rings. The van der Waals surface area contributed by atoms with Gasteiger partial charge in [-0.15, -0.1) is 0 Å². The molecule has 192 valence electrons. The summed E-state index contributed by atoms with van der Waals surface area (Å²) >= 11 is 0. The Morgan fingerprint density at radius 1 is 1.03 bits per heavy atom. The Balaban J connectivity index is 1.10. The van der Waals surface area contributed by atoms with Gasteiger partial charge in [-0.3, -0.25) is 4.79 Å². The summed E-state index contributed by atoms with van der Waals surface area (Å²) in [6.45, 7) is 11.1. The fraction of sp³-hybridized carbons (Fsp3) is 0.781. The number of fused-ring (bicyclic) bond motifs is 3. The van der Waals surface area contributed by atoms with Gasteiger partial charge in [-0.2, -0.15) is 0 Å². The molecule has 0 radical (unpaired) electrons. The van der Waals surface area contributed by atoms with E-state index in [1.54, 1.807) is 11.1 Å². The Labute approximate surface area is 213 Å². The highest BCUT2D eigenvalue weighted by molar-refractivity contribution is 5.79. The number of aryl methyl sites for hydroxylation is 1. The van der Waals surface area contributed by atoms with Gasteiger partial charge in [-0.1, -0.05) is 52.3 Å². The van der Waals surface area contributed by atoms with Gasteiger partial charge in [0.05, 0.1) is 6.54 Å². The molecule has 5 saturated carbocycles. The van der Waals surface area contributed by atoms with E-state index in [0.717, 1.165) is 24.3 Å². The van der Waals surface area contributed by atoms with Crippen molar-refractivity contribution in [3.63, 3.8) is 0 Å². The van der Waals surface area contributed by atoms with Crippen LogP contribution in [0.15, 0.2) is 18.2 Å². The molecule has 0 heterocycles. The van der Waals surface area contributed by atoms with Crippen LogP contribution in [0.1, 0.15) is 115 Å². The number of carbonyl (C=O) groups is 1. The van der Waals surface area contributed by atoms with Crippen molar-refractivity contribution in [3.8, 4) is 0 Å². The molecule has 3 heteroatoms. The average Bonchev–Trinajstić information content (AvgIpc) is 2.77. The highest BCUT2D eigenvalue weighted by Gasteiger charge is 2.53. The standard InChI is InChI=1S/C32H48N2O/c1-21(2)25-6-8-27-26(15-25)7-9-28-30(3,10-5-11-31(27,28)4)20-33-19-29(35)34-32-16-22-12-23(17-32)14-24(13-22)18-32/h6,8,15,21-24,28,33H,5,7,9-14,16-20H2,1-4H3,(H,34,35)/t22?,23?,24?,28-,30-,31+,32?/m0/s1. The van der Waals surface area contributed by atoms with Gasteiger partial charge in [-0.05, 0) is 121 Å². The van der Waals surface area contributed by atoms with Crippen LogP contribution < -0.4 is 10.6 Å². The third-order valence-electron chi connectivity index (χ3n) is 11.4. The monoisotopic (exact) mass is 476 g/mol. The third-order valence-corrected chi connectivity index (χ3v) is 11.4. The lowest BCUT2D eigenvalue weighted by Crippen LogP contribution is -2.61. The van der Waals surface area contributed by atoms with E-state index in [1.807, 2.05) is 0 Å². The zero-order valence-corrected chi connectivity index (χ0v) is 22.7. The largest absolute Gasteiger partial charge is 0.350 e. The molecule has 4 bridgehead atoms. The summed E-state index contributed by atoms with van der Waals surface area (Å²) in [5.41, 5.74) is 5.34. The van der Waals surface area contributed by atoms with E-state index in [-0.39, 0.29) is 22.3 Å². The number of hydrogen-bond acceptors (Lipinski definition) is 2. The van der Waals surface area contributed by atoms with Crippen molar-refractivity contribution in [2.75, 3.05) is 13.1 Å². The van der Waals surface area contributed by atoms with Crippen molar-refractivity contribution in [3.05, 3.63) is 34.9 Å². The molecule has 2 N–H and O–H groups in total. The lowest BCUT2D eigenvalue weighted by atomic mass is 9.49. The summed E-state index contributed by atoms with van der Waals surface area (Å²) < 4.78 is 0. The minimum absolute atomic E-state index is 0.128. The first-order chi connectivity index (χ1) is 16.7. The van der Waals surface area contributed by atoms with Crippen LogP contribution >= 0.6 is 0 Å². The molecule has 6 aliphatic carbocycles. The van der Waals surface area contributed by atoms with Gasteiger partial charge in [0.1, 0.15) is 0 Å². The van der Waals surface area contributed by atoms with Gasteiger partial charge in [0, 0.05) is 12.1 Å². The second-order valence-electron chi connectivity index (χ2n) is 14.4. The minimum Gasteiger partial charge on any atom is -0.350 e. The fourth-order valence-electron chi connectivity index (χ4n) is 10.3. The van der Waals surface area contributed by atoms with Gasteiger partial charge in [0.15, 0.2) is 0 Å². The lowest BCUT2D eigenvalue weighted by molar-refractivity contribution is -0.126. The molecule has 0 saturated heterocycles. The summed E-state index contributed by atoms with van der Waals surface area (Å²) in [4.78, 5) is 13.1. The summed E-state index contributed by atoms with van der Waals surface area (Å²) in [6.07, 6.45) is 14.3. The summed E-state index contributed by atoms with van der Waals surface area (Å²) in [5, 5.41) is 7.23. The van der Waals surface area contributed by atoms with Crippen molar-refractivity contribution in [2.24, 2.45) is 29.1 Å². The molecule has 0 unspecified atom stereocenters. The van der Waals surface area contributed by atoms with E-state index in [4.69, 9.17) is 0 Å². The van der Waals surface area contributed by atoms with Crippen LogP contribution in [0.25, 0.3) is 0 Å². The van der Waals surface area contributed by atoms with Crippen LogP contribution in [0.5, 0.6) is 0 Å². The minimum atomic E-state index is 0.128. The van der Waals surface area contributed by atoms with Crippen LogP contribution in [-0.2, 0) is 16.6 Å². The zero-order chi connectivity index (χ0) is 24.4. The molecule has 0 aromatic heterocycles. The van der Waals surface area contributed by atoms with Gasteiger partial charge in [0.2, 0.25) is 5.91 Å². The molecular formula is C32H48N2O. The number of carbonyl (C=O) groups excluding carboxylic acids is 1. The Hall–Kier alpha value is -1.35. The molecule has 5 fully saturated rings. The van der Waals surface area contributed by atoms with Crippen molar-refractivity contribution in [1.82, 2.24) is 10.6 Å². The maximum absolute atomic E-state index is 13.1. The highest BCUT2D eigenvalue weighted by Crippen LogP contribution is 2.57. The molecule has 3 nitrogen and oxygen atoms in total. The van der Waals surface area contributed by atoms with E-state index < -0.39 is 0 Å². The molecule has 1 amide bonds. The summed E-state index contributed by atoms with van der Waals surface area (Å²) in [6, 6.07) is 7.35. The SMILES string of the molecule is CC(C)c1ccc2c(c1)CC[C@H]1[C@](C)(CNCC(=O)NC34CC5CC(CC(C5)C3)C4)CCC[C@]21C. The second kappa shape index (κ2) is 8.61. The normalized spacial score (nSPS) is 41.5. The van der Waals surface area contributed by atoms with Crippen LogP contribution in [0.2, 0.25) is 0 Å². The summed E-state index contributed by atoms with van der Waals surface area (Å²) in [5.74, 6) is 4.14. The van der Waals surface area contributed by atoms with E-state index >= 15 is 0 Å². The number of nitrogens with one attached hydrogen (secondary N) is 2. The molecule has 1 aromatic carbocycles. The maximum Gasteiger partial charge on any atom is 0.234 e. The molecule has 1 aromatic rings. The van der Waals surface area contributed by atoms with Crippen molar-refractivity contribution < 1.29 is 4.79 Å². The molecule has 0 spiro atoms. The fourth-order valence-corrected chi connectivity index (χ4v) is 10.3. The predicted octanol–water partition coefficient (Wildman–Crippen LogP) is 6.49. The van der Waals surface area contributed by atoms with E-state index in [1.165, 1.54) is 76.2 Å². The molecule has 3 atom stereocenters. The summed E-state index contributed by atoms with van der Waals surface area (Å²) in [7, 11) is 0.